The van der Waals surface area contributed by atoms with Crippen molar-refractivity contribution in [1.29, 1.82) is 0 Å². The molecule has 1 amide bonds. The van der Waals surface area contributed by atoms with Crippen LogP contribution in [-0.2, 0) is 11.8 Å². The van der Waals surface area contributed by atoms with Crippen molar-refractivity contribution in [3.8, 4) is 0 Å². The number of carbonyl (C=O) groups excluding carboxylic acids is 1. The zero-order valence-electron chi connectivity index (χ0n) is 12.5. The summed E-state index contributed by atoms with van der Waals surface area (Å²) in [5.41, 5.74) is 1.17. The fourth-order valence-corrected chi connectivity index (χ4v) is 2.33. The Labute approximate surface area is 136 Å². The second kappa shape index (κ2) is 6.78. The van der Waals surface area contributed by atoms with Gasteiger partial charge in [0.1, 0.15) is 5.82 Å². The molecule has 0 fully saturated rings. The number of benzene rings is 1. The third-order valence-electron chi connectivity index (χ3n) is 3.29. The summed E-state index contributed by atoms with van der Waals surface area (Å²) < 4.78 is 15.1. The van der Waals surface area contributed by atoms with Gasteiger partial charge in [-0.05, 0) is 24.6 Å². The van der Waals surface area contributed by atoms with E-state index in [-0.39, 0.29) is 11.4 Å². The predicted molar refractivity (Wildman–Crippen MR) is 81.8 cm³/mol. The van der Waals surface area contributed by atoms with Crippen molar-refractivity contribution < 1.29 is 19.1 Å². The molecule has 1 aromatic heterocycles. The van der Waals surface area contributed by atoms with Crippen LogP contribution in [0.1, 0.15) is 34.1 Å². The van der Waals surface area contributed by atoms with Gasteiger partial charge in [-0.15, -0.1) is 0 Å². The number of carboxylic acids is 1. The summed E-state index contributed by atoms with van der Waals surface area (Å²) in [4.78, 5) is 23.4. The smallest absolute Gasteiger partial charge is 0.305 e. The van der Waals surface area contributed by atoms with Gasteiger partial charge in [0.2, 0.25) is 0 Å². The second-order valence-electron chi connectivity index (χ2n) is 5.10. The highest BCUT2D eigenvalue weighted by Crippen LogP contribution is 2.23. The molecule has 2 aromatic rings. The molecule has 1 aromatic carbocycles. The number of nitrogens with one attached hydrogen (secondary N) is 1. The Morgan fingerprint density at radius 1 is 1.48 bits per heavy atom. The number of carboxylic acid groups (broad SMARTS) is 1. The van der Waals surface area contributed by atoms with E-state index in [4.69, 9.17) is 16.7 Å². The zero-order valence-corrected chi connectivity index (χ0v) is 13.3. The monoisotopic (exact) mass is 339 g/mol. The summed E-state index contributed by atoms with van der Waals surface area (Å²) in [5.74, 6) is -2.27. The van der Waals surface area contributed by atoms with Crippen molar-refractivity contribution in [2.75, 3.05) is 0 Å². The SMILES string of the molecule is Cc1nn(C)cc1C(=O)NC(CC(=O)O)c1ccc(Cl)c(F)c1. The van der Waals surface area contributed by atoms with Crippen molar-refractivity contribution in [1.82, 2.24) is 15.1 Å². The molecule has 1 unspecified atom stereocenters. The molecular formula is C15H15ClFN3O3. The molecule has 122 valence electrons. The largest absolute Gasteiger partial charge is 0.481 e. The van der Waals surface area contributed by atoms with Crippen molar-refractivity contribution >= 4 is 23.5 Å². The van der Waals surface area contributed by atoms with Crippen LogP contribution in [0.4, 0.5) is 4.39 Å². The van der Waals surface area contributed by atoms with E-state index in [9.17, 15) is 14.0 Å². The first-order valence-electron chi connectivity index (χ1n) is 6.75. The van der Waals surface area contributed by atoms with Crippen LogP contribution < -0.4 is 5.32 Å². The third kappa shape index (κ3) is 4.07. The van der Waals surface area contributed by atoms with Gasteiger partial charge in [-0.2, -0.15) is 5.10 Å². The molecule has 0 bridgehead atoms. The Balaban J connectivity index is 2.28. The fraction of sp³-hybridized carbons (Fsp3) is 0.267. The number of nitrogens with zero attached hydrogens (tertiary/aromatic N) is 2. The van der Waals surface area contributed by atoms with Crippen LogP contribution >= 0.6 is 11.6 Å². The summed E-state index contributed by atoms with van der Waals surface area (Å²) in [6.45, 7) is 1.67. The molecule has 0 spiro atoms. The van der Waals surface area contributed by atoms with Gasteiger partial charge in [0.15, 0.2) is 0 Å². The molecule has 2 rings (SSSR count). The first-order valence-corrected chi connectivity index (χ1v) is 7.13. The number of aliphatic carboxylic acids is 1. The van der Waals surface area contributed by atoms with E-state index in [0.717, 1.165) is 6.07 Å². The van der Waals surface area contributed by atoms with Crippen LogP contribution in [0.3, 0.4) is 0 Å². The molecular weight excluding hydrogens is 325 g/mol. The lowest BCUT2D eigenvalue weighted by molar-refractivity contribution is -0.137. The molecule has 0 aliphatic heterocycles. The molecule has 1 heterocycles. The van der Waals surface area contributed by atoms with E-state index in [1.165, 1.54) is 23.0 Å². The number of hydrogen-bond donors (Lipinski definition) is 2. The lowest BCUT2D eigenvalue weighted by Crippen LogP contribution is -2.30. The fourth-order valence-electron chi connectivity index (χ4n) is 2.21. The Kier molecular flexibility index (Phi) is 5.00. The van der Waals surface area contributed by atoms with Gasteiger partial charge in [-0.3, -0.25) is 14.3 Å². The number of aryl methyl sites for hydroxylation is 2. The summed E-state index contributed by atoms with van der Waals surface area (Å²) >= 11 is 5.63. The Morgan fingerprint density at radius 3 is 2.70 bits per heavy atom. The summed E-state index contributed by atoms with van der Waals surface area (Å²) in [6, 6.07) is 3.04. The van der Waals surface area contributed by atoms with Crippen molar-refractivity contribution in [2.24, 2.45) is 7.05 Å². The van der Waals surface area contributed by atoms with Gasteiger partial charge in [0.05, 0.1) is 28.7 Å². The van der Waals surface area contributed by atoms with Crippen LogP contribution in [0.25, 0.3) is 0 Å². The molecule has 1 atom stereocenters. The first-order chi connectivity index (χ1) is 10.8. The molecule has 0 radical (unpaired) electrons. The van der Waals surface area contributed by atoms with E-state index >= 15 is 0 Å². The number of hydrogen-bond acceptors (Lipinski definition) is 3. The minimum atomic E-state index is -1.12. The van der Waals surface area contributed by atoms with Crippen molar-refractivity contribution in [3.63, 3.8) is 0 Å². The van der Waals surface area contributed by atoms with E-state index < -0.39 is 23.7 Å². The number of amides is 1. The quantitative estimate of drug-likeness (QED) is 0.876. The summed E-state index contributed by atoms with van der Waals surface area (Å²) in [5, 5.41) is 15.6. The van der Waals surface area contributed by atoms with Crippen LogP contribution in [0.5, 0.6) is 0 Å². The summed E-state index contributed by atoms with van der Waals surface area (Å²) in [7, 11) is 1.67. The maximum Gasteiger partial charge on any atom is 0.305 e. The van der Waals surface area contributed by atoms with Gasteiger partial charge in [0, 0.05) is 13.2 Å². The number of rotatable bonds is 5. The van der Waals surface area contributed by atoms with Crippen LogP contribution in [0, 0.1) is 12.7 Å². The highest BCUT2D eigenvalue weighted by molar-refractivity contribution is 6.30. The van der Waals surface area contributed by atoms with E-state index in [0.29, 0.717) is 16.8 Å². The van der Waals surface area contributed by atoms with Gasteiger partial charge in [-0.1, -0.05) is 17.7 Å². The number of halogens is 2. The highest BCUT2D eigenvalue weighted by atomic mass is 35.5. The standard InChI is InChI=1S/C15H15ClFN3O3/c1-8-10(7-20(2)19-8)15(23)18-13(6-14(21)22)9-3-4-11(16)12(17)5-9/h3-5,7,13H,6H2,1-2H3,(H,18,23)(H,21,22). The lowest BCUT2D eigenvalue weighted by atomic mass is 10.0. The lowest BCUT2D eigenvalue weighted by Gasteiger charge is -2.17. The van der Waals surface area contributed by atoms with Crippen molar-refractivity contribution in [3.05, 3.63) is 52.1 Å². The van der Waals surface area contributed by atoms with E-state index in [2.05, 4.69) is 10.4 Å². The van der Waals surface area contributed by atoms with E-state index in [1.807, 2.05) is 0 Å². The van der Waals surface area contributed by atoms with Crippen LogP contribution in [0.15, 0.2) is 24.4 Å². The van der Waals surface area contributed by atoms with Gasteiger partial charge < -0.3 is 10.4 Å². The molecule has 0 aliphatic carbocycles. The minimum Gasteiger partial charge on any atom is -0.481 e. The average molecular weight is 340 g/mol. The maximum atomic E-state index is 13.6. The molecule has 0 aliphatic rings. The average Bonchev–Trinajstić information content (AvgIpc) is 2.79. The highest BCUT2D eigenvalue weighted by Gasteiger charge is 2.22. The Hall–Kier alpha value is -2.41. The molecule has 6 nitrogen and oxygen atoms in total. The Morgan fingerprint density at radius 2 is 2.17 bits per heavy atom. The topological polar surface area (TPSA) is 84.2 Å². The number of carbonyl (C=O) groups is 2. The third-order valence-corrected chi connectivity index (χ3v) is 3.59. The first kappa shape index (κ1) is 17.0. The minimum absolute atomic E-state index is 0.0720. The molecule has 0 saturated heterocycles. The van der Waals surface area contributed by atoms with Crippen LogP contribution in [0.2, 0.25) is 5.02 Å². The van der Waals surface area contributed by atoms with E-state index in [1.54, 1.807) is 14.0 Å². The normalized spacial score (nSPS) is 12.0. The second-order valence-corrected chi connectivity index (χ2v) is 5.51. The molecule has 0 saturated carbocycles. The van der Waals surface area contributed by atoms with Gasteiger partial charge in [-0.25, -0.2) is 4.39 Å². The molecule has 2 N–H and O–H groups in total. The zero-order chi connectivity index (χ0) is 17.1. The van der Waals surface area contributed by atoms with Crippen LogP contribution in [-0.4, -0.2) is 26.8 Å². The predicted octanol–water partition coefficient (Wildman–Crippen LogP) is 2.47. The molecule has 23 heavy (non-hydrogen) atoms. The summed E-state index contributed by atoms with van der Waals surface area (Å²) in [6.07, 6.45) is 1.15. The Bertz CT molecular complexity index is 760. The maximum absolute atomic E-state index is 13.6. The van der Waals surface area contributed by atoms with Crippen molar-refractivity contribution in [2.45, 2.75) is 19.4 Å². The number of aromatic nitrogens is 2. The van der Waals surface area contributed by atoms with Gasteiger partial charge >= 0.3 is 5.97 Å². The van der Waals surface area contributed by atoms with Gasteiger partial charge in [0.25, 0.3) is 5.91 Å². The molecule has 8 heteroatoms.